The van der Waals surface area contributed by atoms with Gasteiger partial charge in [-0.25, -0.2) is 0 Å². The first-order valence-corrected chi connectivity index (χ1v) is 5.85. The van der Waals surface area contributed by atoms with Crippen molar-refractivity contribution >= 4 is 11.0 Å². The number of fused-ring (bicyclic) bond motifs is 1. The summed E-state index contributed by atoms with van der Waals surface area (Å²) in [6.45, 7) is 0. The molecule has 0 aliphatic rings. The molecule has 0 radical (unpaired) electrons. The minimum absolute atomic E-state index is 0. The summed E-state index contributed by atoms with van der Waals surface area (Å²) in [4.78, 5) is 12.0. The standard InChI is InChI=1S/C15H10O5.Na.H/c16-9-6-11(8-4-2-1-3-5-8)20-12-7-10(17)14(18)15(19)13(9)12;;/h1-7,17-19H;;/q;+1;-1. The molecule has 0 fully saturated rings. The molecular formula is C15H11NaO5. The smallest absolute Gasteiger partial charge is 1.00 e. The molecule has 0 amide bonds. The molecule has 0 bridgehead atoms. The summed E-state index contributed by atoms with van der Waals surface area (Å²) in [5, 5.41) is 28.5. The van der Waals surface area contributed by atoms with Crippen LogP contribution in [0, 0.1) is 0 Å². The molecule has 3 N–H and O–H groups in total. The van der Waals surface area contributed by atoms with E-state index in [0.717, 1.165) is 6.07 Å². The third-order valence-electron chi connectivity index (χ3n) is 3.00. The first-order valence-electron chi connectivity index (χ1n) is 5.85. The van der Waals surface area contributed by atoms with Crippen molar-refractivity contribution in [2.75, 3.05) is 0 Å². The summed E-state index contributed by atoms with van der Waals surface area (Å²) in [5.74, 6) is -1.67. The van der Waals surface area contributed by atoms with Crippen LogP contribution in [-0.4, -0.2) is 15.3 Å². The van der Waals surface area contributed by atoms with Gasteiger partial charge in [0.15, 0.2) is 16.9 Å². The van der Waals surface area contributed by atoms with Crippen LogP contribution in [0.3, 0.4) is 0 Å². The SMILES string of the molecule is O=c1cc(-c2ccccc2)oc2cc(O)c(O)c(O)c12.[H-].[Na+]. The number of rotatable bonds is 1. The molecule has 102 valence electrons. The molecule has 0 saturated heterocycles. The van der Waals surface area contributed by atoms with Gasteiger partial charge >= 0.3 is 29.6 Å². The van der Waals surface area contributed by atoms with Crippen molar-refractivity contribution in [2.24, 2.45) is 0 Å². The predicted molar refractivity (Wildman–Crippen MR) is 74.0 cm³/mol. The fourth-order valence-corrected chi connectivity index (χ4v) is 2.02. The van der Waals surface area contributed by atoms with Gasteiger partial charge in [-0.3, -0.25) is 4.79 Å². The summed E-state index contributed by atoms with van der Waals surface area (Å²) in [5.41, 5.74) is 0.195. The van der Waals surface area contributed by atoms with Crippen molar-refractivity contribution in [1.29, 1.82) is 0 Å². The molecule has 5 nitrogen and oxygen atoms in total. The van der Waals surface area contributed by atoms with Crippen molar-refractivity contribution in [2.45, 2.75) is 0 Å². The molecule has 2 aromatic carbocycles. The van der Waals surface area contributed by atoms with Gasteiger partial charge in [0, 0.05) is 17.7 Å². The Hall–Kier alpha value is -1.95. The Bertz CT molecular complexity index is 861. The quantitative estimate of drug-likeness (QED) is 0.423. The monoisotopic (exact) mass is 294 g/mol. The van der Waals surface area contributed by atoms with Crippen LogP contribution >= 0.6 is 0 Å². The largest absolute Gasteiger partial charge is 1.00 e. The number of phenolic OH excluding ortho intramolecular Hbond substituents is 3. The average Bonchev–Trinajstić information content (AvgIpc) is 2.45. The van der Waals surface area contributed by atoms with Crippen molar-refractivity contribution in [1.82, 2.24) is 0 Å². The van der Waals surface area contributed by atoms with E-state index in [1.54, 1.807) is 24.3 Å². The van der Waals surface area contributed by atoms with E-state index in [-0.39, 0.29) is 42.0 Å². The molecule has 21 heavy (non-hydrogen) atoms. The van der Waals surface area contributed by atoms with Gasteiger partial charge in [-0.15, -0.1) is 0 Å². The number of aromatic hydroxyl groups is 3. The van der Waals surface area contributed by atoms with Crippen LogP contribution in [0.4, 0.5) is 0 Å². The predicted octanol–water partition coefficient (Wildman–Crippen LogP) is -0.307. The first kappa shape index (κ1) is 15.4. The zero-order chi connectivity index (χ0) is 14.3. The van der Waals surface area contributed by atoms with Crippen LogP contribution in [0.25, 0.3) is 22.3 Å². The Labute approximate surface area is 142 Å². The molecule has 0 aliphatic heterocycles. The minimum Gasteiger partial charge on any atom is -1.00 e. The normalized spacial score (nSPS) is 10.3. The maximum atomic E-state index is 12.0. The molecule has 0 spiro atoms. The topological polar surface area (TPSA) is 90.9 Å². The van der Waals surface area contributed by atoms with Gasteiger partial charge in [-0.05, 0) is 0 Å². The van der Waals surface area contributed by atoms with Gasteiger partial charge in [0.25, 0.3) is 0 Å². The zero-order valence-corrected chi connectivity index (χ0v) is 13.2. The van der Waals surface area contributed by atoms with Crippen molar-refractivity contribution < 1.29 is 50.7 Å². The summed E-state index contributed by atoms with van der Waals surface area (Å²) < 4.78 is 5.51. The van der Waals surface area contributed by atoms with Crippen molar-refractivity contribution in [3.63, 3.8) is 0 Å². The van der Waals surface area contributed by atoms with E-state index < -0.39 is 22.7 Å². The third kappa shape index (κ3) is 2.63. The first-order chi connectivity index (χ1) is 9.58. The molecule has 0 unspecified atom stereocenters. The summed E-state index contributed by atoms with van der Waals surface area (Å²) in [6.07, 6.45) is 0. The number of hydrogen-bond acceptors (Lipinski definition) is 5. The molecule has 3 rings (SSSR count). The molecule has 3 aromatic rings. The van der Waals surface area contributed by atoms with Gasteiger partial charge in [0.2, 0.25) is 5.75 Å². The fraction of sp³-hybridized carbons (Fsp3) is 0. The van der Waals surface area contributed by atoms with E-state index in [4.69, 9.17) is 4.42 Å². The van der Waals surface area contributed by atoms with E-state index in [2.05, 4.69) is 0 Å². The Morgan fingerprint density at radius 1 is 0.952 bits per heavy atom. The maximum absolute atomic E-state index is 12.0. The molecule has 1 aromatic heterocycles. The van der Waals surface area contributed by atoms with Gasteiger partial charge in [-0.1, -0.05) is 30.3 Å². The van der Waals surface area contributed by atoms with E-state index >= 15 is 0 Å². The van der Waals surface area contributed by atoms with Crippen molar-refractivity contribution in [3.8, 4) is 28.6 Å². The molecule has 6 heteroatoms. The Kier molecular flexibility index (Phi) is 4.27. The van der Waals surface area contributed by atoms with Crippen LogP contribution in [0.5, 0.6) is 17.2 Å². The number of benzene rings is 2. The van der Waals surface area contributed by atoms with Crippen LogP contribution in [0.1, 0.15) is 1.43 Å². The third-order valence-corrected chi connectivity index (χ3v) is 3.00. The second-order valence-electron chi connectivity index (χ2n) is 4.31. The average molecular weight is 294 g/mol. The second kappa shape index (κ2) is 5.81. The number of phenols is 3. The summed E-state index contributed by atoms with van der Waals surface area (Å²) in [6, 6.07) is 11.3. The van der Waals surface area contributed by atoms with Gasteiger partial charge in [0.05, 0.1) is 0 Å². The molecule has 1 heterocycles. The zero-order valence-electron chi connectivity index (χ0n) is 12.2. The Morgan fingerprint density at radius 2 is 1.62 bits per heavy atom. The molecule has 0 atom stereocenters. The van der Waals surface area contributed by atoms with Gasteiger partial charge in [0.1, 0.15) is 16.7 Å². The molecule has 0 aliphatic carbocycles. The Morgan fingerprint density at radius 3 is 2.29 bits per heavy atom. The van der Waals surface area contributed by atoms with Crippen LogP contribution in [0.15, 0.2) is 51.7 Å². The van der Waals surface area contributed by atoms with Crippen LogP contribution < -0.4 is 35.0 Å². The van der Waals surface area contributed by atoms with E-state index in [9.17, 15) is 20.1 Å². The van der Waals surface area contributed by atoms with Crippen LogP contribution in [0.2, 0.25) is 0 Å². The summed E-state index contributed by atoms with van der Waals surface area (Å²) in [7, 11) is 0. The fourth-order valence-electron chi connectivity index (χ4n) is 2.02. The van der Waals surface area contributed by atoms with Gasteiger partial charge in [-0.2, -0.15) is 0 Å². The maximum Gasteiger partial charge on any atom is 1.00 e. The van der Waals surface area contributed by atoms with E-state index in [1.807, 2.05) is 6.07 Å². The summed E-state index contributed by atoms with van der Waals surface area (Å²) >= 11 is 0. The van der Waals surface area contributed by atoms with Crippen LogP contribution in [-0.2, 0) is 0 Å². The Balaban J connectivity index is 0.00000121. The molecule has 0 saturated carbocycles. The minimum atomic E-state index is -0.739. The van der Waals surface area contributed by atoms with Crippen molar-refractivity contribution in [3.05, 3.63) is 52.7 Å². The molecular weight excluding hydrogens is 283 g/mol. The second-order valence-corrected chi connectivity index (χ2v) is 4.31. The van der Waals surface area contributed by atoms with E-state index in [1.165, 1.54) is 6.07 Å². The number of hydrogen-bond donors (Lipinski definition) is 3. The van der Waals surface area contributed by atoms with E-state index in [0.29, 0.717) is 11.3 Å². The van der Waals surface area contributed by atoms with Gasteiger partial charge < -0.3 is 21.2 Å².